The molecule has 1 aromatic rings. The normalized spacial score (nSPS) is 9.11. The smallest absolute Gasteiger partial charge is 0.0613 e. The molecule has 0 saturated carbocycles. The zero-order valence-corrected chi connectivity index (χ0v) is 5.60. The van der Waals surface area contributed by atoms with E-state index in [2.05, 4.69) is 12.6 Å². The second kappa shape index (κ2) is 2.75. The lowest BCUT2D eigenvalue weighted by Crippen LogP contribution is -1.86. The van der Waals surface area contributed by atoms with E-state index in [1.807, 2.05) is 11.5 Å². The van der Waals surface area contributed by atoms with Gasteiger partial charge in [-0.05, 0) is 18.2 Å². The number of thiol groups is 1. The van der Waals surface area contributed by atoms with Gasteiger partial charge in [-0.25, -0.2) is 0 Å². The Morgan fingerprint density at radius 3 is 2.67 bits per heavy atom. The Balaban J connectivity index is 2.94. The van der Waals surface area contributed by atoms with Crippen LogP contribution >= 0.6 is 12.6 Å². The standard InChI is InChI=1S/C6H7NOS/c8-7-5-2-1-3-6(9)4-5/h1-4,7-9H. The minimum absolute atomic E-state index is 0.655. The Labute approximate surface area is 58.9 Å². The van der Waals surface area contributed by atoms with E-state index in [0.29, 0.717) is 5.69 Å². The monoisotopic (exact) mass is 141 g/mol. The van der Waals surface area contributed by atoms with E-state index in [4.69, 9.17) is 5.21 Å². The number of anilines is 1. The summed E-state index contributed by atoms with van der Waals surface area (Å²) < 4.78 is 0. The Hall–Kier alpha value is -0.670. The summed E-state index contributed by atoms with van der Waals surface area (Å²) in [5.74, 6) is 0. The Morgan fingerprint density at radius 2 is 2.22 bits per heavy atom. The van der Waals surface area contributed by atoms with Crippen LogP contribution in [0.4, 0.5) is 5.69 Å². The fourth-order valence-electron chi connectivity index (χ4n) is 0.575. The first-order valence-corrected chi connectivity index (χ1v) is 2.97. The predicted octanol–water partition coefficient (Wildman–Crippen LogP) is 1.78. The molecular weight excluding hydrogens is 134 g/mol. The molecule has 0 aliphatic heterocycles. The Morgan fingerprint density at radius 1 is 1.44 bits per heavy atom. The van der Waals surface area contributed by atoms with Crippen molar-refractivity contribution >= 4 is 18.3 Å². The lowest BCUT2D eigenvalue weighted by atomic mass is 10.3. The molecule has 0 saturated heterocycles. The second-order valence-corrected chi connectivity index (χ2v) is 2.18. The zero-order valence-electron chi connectivity index (χ0n) is 4.70. The summed E-state index contributed by atoms with van der Waals surface area (Å²) >= 11 is 4.06. The predicted molar refractivity (Wildman–Crippen MR) is 39.1 cm³/mol. The van der Waals surface area contributed by atoms with Crippen LogP contribution in [0.3, 0.4) is 0 Å². The number of nitrogens with one attached hydrogen (secondary N) is 1. The highest BCUT2D eigenvalue weighted by molar-refractivity contribution is 7.80. The molecule has 1 aromatic carbocycles. The summed E-state index contributed by atoms with van der Waals surface area (Å²) in [5.41, 5.74) is 2.67. The Bertz CT molecular complexity index is 202. The second-order valence-electron chi connectivity index (χ2n) is 1.66. The SMILES string of the molecule is ONc1cccc(S)c1. The maximum absolute atomic E-state index is 8.38. The van der Waals surface area contributed by atoms with E-state index in [1.165, 1.54) is 0 Å². The highest BCUT2D eigenvalue weighted by Crippen LogP contribution is 2.11. The van der Waals surface area contributed by atoms with Crippen molar-refractivity contribution in [3.05, 3.63) is 24.3 Å². The number of hydrogen-bond donors (Lipinski definition) is 3. The lowest BCUT2D eigenvalue weighted by Gasteiger charge is -1.96. The summed E-state index contributed by atoms with van der Waals surface area (Å²) in [6.45, 7) is 0. The van der Waals surface area contributed by atoms with Crippen LogP contribution in [0.5, 0.6) is 0 Å². The van der Waals surface area contributed by atoms with Crippen molar-refractivity contribution in [2.45, 2.75) is 4.90 Å². The van der Waals surface area contributed by atoms with Gasteiger partial charge in [0.15, 0.2) is 0 Å². The zero-order chi connectivity index (χ0) is 6.69. The highest BCUT2D eigenvalue weighted by atomic mass is 32.1. The van der Waals surface area contributed by atoms with Gasteiger partial charge in [0.25, 0.3) is 0 Å². The van der Waals surface area contributed by atoms with Crippen molar-refractivity contribution in [1.82, 2.24) is 0 Å². The van der Waals surface area contributed by atoms with Crippen LogP contribution in [0.2, 0.25) is 0 Å². The molecule has 2 N–H and O–H groups in total. The summed E-state index contributed by atoms with van der Waals surface area (Å²) in [4.78, 5) is 0.828. The minimum Gasteiger partial charge on any atom is -0.291 e. The van der Waals surface area contributed by atoms with Gasteiger partial charge in [0.05, 0.1) is 5.69 Å². The van der Waals surface area contributed by atoms with Crippen molar-refractivity contribution in [3.8, 4) is 0 Å². The molecule has 48 valence electrons. The van der Waals surface area contributed by atoms with Crippen molar-refractivity contribution in [2.75, 3.05) is 5.48 Å². The number of benzene rings is 1. The summed E-state index contributed by atoms with van der Waals surface area (Å²) in [6.07, 6.45) is 0. The van der Waals surface area contributed by atoms with Crippen LogP contribution in [0.25, 0.3) is 0 Å². The molecule has 0 unspecified atom stereocenters. The summed E-state index contributed by atoms with van der Waals surface area (Å²) in [7, 11) is 0. The van der Waals surface area contributed by atoms with Crippen LogP contribution in [-0.4, -0.2) is 5.21 Å². The molecule has 0 radical (unpaired) electrons. The van der Waals surface area contributed by atoms with Crippen LogP contribution in [0.1, 0.15) is 0 Å². The van der Waals surface area contributed by atoms with Gasteiger partial charge in [0.2, 0.25) is 0 Å². The van der Waals surface area contributed by atoms with Crippen LogP contribution in [-0.2, 0) is 0 Å². The van der Waals surface area contributed by atoms with Gasteiger partial charge in [0.1, 0.15) is 0 Å². The van der Waals surface area contributed by atoms with Gasteiger partial charge in [-0.2, -0.15) is 0 Å². The fraction of sp³-hybridized carbons (Fsp3) is 0. The summed E-state index contributed by atoms with van der Waals surface area (Å²) in [6, 6.07) is 7.12. The molecule has 0 heterocycles. The third-order valence-corrected chi connectivity index (χ3v) is 1.25. The van der Waals surface area contributed by atoms with Gasteiger partial charge in [-0.1, -0.05) is 6.07 Å². The van der Waals surface area contributed by atoms with Gasteiger partial charge in [-0.15, -0.1) is 12.6 Å². The first-order chi connectivity index (χ1) is 4.33. The highest BCUT2D eigenvalue weighted by Gasteiger charge is 1.86. The van der Waals surface area contributed by atoms with E-state index < -0.39 is 0 Å². The third kappa shape index (κ3) is 1.62. The average molecular weight is 141 g/mol. The number of rotatable bonds is 1. The van der Waals surface area contributed by atoms with Gasteiger partial charge in [0, 0.05) is 4.90 Å². The van der Waals surface area contributed by atoms with E-state index in [9.17, 15) is 0 Å². The molecule has 0 aliphatic rings. The van der Waals surface area contributed by atoms with Crippen LogP contribution in [0, 0.1) is 0 Å². The molecule has 0 atom stereocenters. The lowest BCUT2D eigenvalue weighted by molar-refractivity contribution is 0.389. The van der Waals surface area contributed by atoms with Crippen molar-refractivity contribution in [2.24, 2.45) is 0 Å². The van der Waals surface area contributed by atoms with Gasteiger partial charge in [-0.3, -0.25) is 10.7 Å². The molecule has 9 heavy (non-hydrogen) atoms. The molecule has 0 fully saturated rings. The molecule has 2 nitrogen and oxygen atoms in total. The van der Waals surface area contributed by atoms with E-state index in [0.717, 1.165) is 4.90 Å². The molecule has 0 bridgehead atoms. The largest absolute Gasteiger partial charge is 0.291 e. The Kier molecular flexibility index (Phi) is 1.97. The maximum Gasteiger partial charge on any atom is 0.0613 e. The fourth-order valence-corrected chi connectivity index (χ4v) is 0.801. The van der Waals surface area contributed by atoms with Crippen LogP contribution in [0.15, 0.2) is 29.2 Å². The average Bonchev–Trinajstić information content (AvgIpc) is 1.88. The van der Waals surface area contributed by atoms with Gasteiger partial charge >= 0.3 is 0 Å². The van der Waals surface area contributed by atoms with Crippen molar-refractivity contribution < 1.29 is 5.21 Å². The topological polar surface area (TPSA) is 32.3 Å². The number of hydrogen-bond acceptors (Lipinski definition) is 3. The first kappa shape index (κ1) is 6.45. The molecular formula is C6H7NOS. The quantitative estimate of drug-likeness (QED) is 0.411. The van der Waals surface area contributed by atoms with Gasteiger partial charge < -0.3 is 0 Å². The molecule has 0 spiro atoms. The van der Waals surface area contributed by atoms with E-state index in [1.54, 1.807) is 18.2 Å². The summed E-state index contributed by atoms with van der Waals surface area (Å²) in [5, 5.41) is 8.38. The van der Waals surface area contributed by atoms with Crippen molar-refractivity contribution in [1.29, 1.82) is 0 Å². The molecule has 0 aromatic heterocycles. The first-order valence-electron chi connectivity index (χ1n) is 2.52. The minimum atomic E-state index is 0.655. The molecule has 0 amide bonds. The maximum atomic E-state index is 8.38. The third-order valence-electron chi connectivity index (χ3n) is 0.975. The van der Waals surface area contributed by atoms with Crippen molar-refractivity contribution in [3.63, 3.8) is 0 Å². The molecule has 3 heteroatoms. The van der Waals surface area contributed by atoms with E-state index >= 15 is 0 Å². The van der Waals surface area contributed by atoms with E-state index in [-0.39, 0.29) is 0 Å². The molecule has 0 aliphatic carbocycles. The van der Waals surface area contributed by atoms with Crippen LogP contribution < -0.4 is 5.48 Å². The molecule has 1 rings (SSSR count).